The maximum absolute atomic E-state index is 4.68. The molecule has 0 atom stereocenters. The second-order valence-corrected chi connectivity index (χ2v) is 6.58. The van der Waals surface area contributed by atoms with Gasteiger partial charge in [-0.2, -0.15) is 0 Å². The standard InChI is InChI=1S/C18H23N7S/c1-3-16-24-22-13-25(16)10-9-20-18(19-2)21-11-17-23-15(12-26-17)14-7-5-4-6-8-14/h4-8,12-13H,3,9-11H2,1-2H3,(H2,19,20,21). The Morgan fingerprint density at radius 2 is 2.08 bits per heavy atom. The van der Waals surface area contributed by atoms with E-state index >= 15 is 0 Å². The van der Waals surface area contributed by atoms with Gasteiger partial charge in [0.2, 0.25) is 0 Å². The lowest BCUT2D eigenvalue weighted by molar-refractivity contribution is 0.632. The molecule has 7 nitrogen and oxygen atoms in total. The van der Waals surface area contributed by atoms with Gasteiger partial charge in [0.1, 0.15) is 17.2 Å². The first-order valence-electron chi connectivity index (χ1n) is 8.61. The Hall–Kier alpha value is -2.74. The minimum Gasteiger partial charge on any atom is -0.355 e. The molecule has 0 saturated heterocycles. The molecule has 2 aromatic heterocycles. The zero-order chi connectivity index (χ0) is 18.2. The fraction of sp³-hybridized carbons (Fsp3) is 0.333. The molecule has 0 fully saturated rings. The maximum Gasteiger partial charge on any atom is 0.191 e. The lowest BCUT2D eigenvalue weighted by Crippen LogP contribution is -2.38. The van der Waals surface area contributed by atoms with Crippen molar-refractivity contribution in [3.05, 3.63) is 52.9 Å². The van der Waals surface area contributed by atoms with Gasteiger partial charge in [0.05, 0.1) is 12.2 Å². The van der Waals surface area contributed by atoms with Gasteiger partial charge in [-0.3, -0.25) is 4.99 Å². The molecule has 3 aromatic rings. The number of aliphatic imine (C=N–C) groups is 1. The molecule has 26 heavy (non-hydrogen) atoms. The summed E-state index contributed by atoms with van der Waals surface area (Å²) in [7, 11) is 1.77. The van der Waals surface area contributed by atoms with Gasteiger partial charge in [-0.15, -0.1) is 21.5 Å². The molecular weight excluding hydrogens is 346 g/mol. The van der Waals surface area contributed by atoms with Crippen LogP contribution in [0.4, 0.5) is 0 Å². The predicted molar refractivity (Wildman–Crippen MR) is 105 cm³/mol. The summed E-state index contributed by atoms with van der Waals surface area (Å²) in [5.41, 5.74) is 2.15. The van der Waals surface area contributed by atoms with E-state index in [1.54, 1.807) is 24.7 Å². The van der Waals surface area contributed by atoms with E-state index in [2.05, 4.69) is 55.2 Å². The SMILES string of the molecule is CCc1nncn1CCNC(=NC)NCc1nc(-c2ccccc2)cs1. The van der Waals surface area contributed by atoms with Crippen LogP contribution in [0.1, 0.15) is 17.8 Å². The Morgan fingerprint density at radius 1 is 1.23 bits per heavy atom. The predicted octanol–water partition coefficient (Wildman–Crippen LogP) is 2.33. The molecule has 0 bridgehead atoms. The number of aryl methyl sites for hydroxylation is 1. The largest absolute Gasteiger partial charge is 0.355 e. The van der Waals surface area contributed by atoms with Crippen LogP contribution in [0.5, 0.6) is 0 Å². The average molecular weight is 369 g/mol. The molecule has 0 spiro atoms. The Morgan fingerprint density at radius 3 is 2.85 bits per heavy atom. The van der Waals surface area contributed by atoms with Crippen molar-refractivity contribution in [1.82, 2.24) is 30.4 Å². The van der Waals surface area contributed by atoms with Gasteiger partial charge in [-0.05, 0) is 0 Å². The number of nitrogens with one attached hydrogen (secondary N) is 2. The number of hydrogen-bond acceptors (Lipinski definition) is 5. The van der Waals surface area contributed by atoms with E-state index in [1.165, 1.54) is 0 Å². The van der Waals surface area contributed by atoms with Crippen LogP contribution >= 0.6 is 11.3 Å². The summed E-state index contributed by atoms with van der Waals surface area (Å²) >= 11 is 1.65. The van der Waals surface area contributed by atoms with Crippen LogP contribution in [-0.4, -0.2) is 39.3 Å². The molecule has 3 rings (SSSR count). The molecular formula is C18H23N7S. The van der Waals surface area contributed by atoms with Crippen LogP contribution < -0.4 is 10.6 Å². The first kappa shape index (κ1) is 18.1. The molecule has 0 amide bonds. The molecule has 0 aliphatic heterocycles. The quantitative estimate of drug-likeness (QED) is 0.494. The number of benzene rings is 1. The lowest BCUT2D eigenvalue weighted by atomic mass is 10.2. The van der Waals surface area contributed by atoms with Crippen molar-refractivity contribution in [3.63, 3.8) is 0 Å². The van der Waals surface area contributed by atoms with E-state index in [-0.39, 0.29) is 0 Å². The Labute approximate surface area is 157 Å². The van der Waals surface area contributed by atoms with Gasteiger partial charge < -0.3 is 15.2 Å². The number of aromatic nitrogens is 4. The molecule has 136 valence electrons. The number of rotatable bonds is 7. The molecule has 2 N–H and O–H groups in total. The van der Waals surface area contributed by atoms with Gasteiger partial charge in [0.15, 0.2) is 5.96 Å². The van der Waals surface area contributed by atoms with Crippen molar-refractivity contribution in [2.45, 2.75) is 26.4 Å². The molecule has 0 radical (unpaired) electrons. The van der Waals surface area contributed by atoms with Crippen molar-refractivity contribution in [2.75, 3.05) is 13.6 Å². The molecule has 0 unspecified atom stereocenters. The fourth-order valence-electron chi connectivity index (χ4n) is 2.55. The van der Waals surface area contributed by atoms with E-state index in [0.717, 1.165) is 47.6 Å². The highest BCUT2D eigenvalue weighted by atomic mass is 32.1. The third-order valence-electron chi connectivity index (χ3n) is 3.91. The first-order chi connectivity index (χ1) is 12.8. The van der Waals surface area contributed by atoms with E-state index in [1.807, 2.05) is 22.8 Å². The second-order valence-electron chi connectivity index (χ2n) is 5.64. The van der Waals surface area contributed by atoms with Gasteiger partial charge in [-0.25, -0.2) is 4.98 Å². The molecule has 8 heteroatoms. The van der Waals surface area contributed by atoms with E-state index < -0.39 is 0 Å². The second kappa shape index (κ2) is 9.10. The van der Waals surface area contributed by atoms with Crippen molar-refractivity contribution in [3.8, 4) is 11.3 Å². The average Bonchev–Trinajstić information content (AvgIpc) is 3.34. The van der Waals surface area contributed by atoms with Crippen LogP contribution in [0.3, 0.4) is 0 Å². The summed E-state index contributed by atoms with van der Waals surface area (Å²) in [6.45, 7) is 4.26. The minimum atomic E-state index is 0.643. The Bertz CT molecular complexity index is 838. The highest BCUT2D eigenvalue weighted by molar-refractivity contribution is 7.09. The summed E-state index contributed by atoms with van der Waals surface area (Å²) in [6, 6.07) is 10.2. The zero-order valence-electron chi connectivity index (χ0n) is 15.0. The zero-order valence-corrected chi connectivity index (χ0v) is 15.8. The molecule has 0 aliphatic rings. The fourth-order valence-corrected chi connectivity index (χ4v) is 3.29. The Kier molecular flexibility index (Phi) is 6.32. The summed E-state index contributed by atoms with van der Waals surface area (Å²) in [5, 5.41) is 17.8. The number of thiazole rings is 1. The summed E-state index contributed by atoms with van der Waals surface area (Å²) in [4.78, 5) is 8.94. The number of guanidine groups is 1. The smallest absolute Gasteiger partial charge is 0.191 e. The van der Waals surface area contributed by atoms with E-state index in [9.17, 15) is 0 Å². The van der Waals surface area contributed by atoms with Gasteiger partial charge >= 0.3 is 0 Å². The van der Waals surface area contributed by atoms with Gasteiger partial charge in [0.25, 0.3) is 0 Å². The minimum absolute atomic E-state index is 0.643. The summed E-state index contributed by atoms with van der Waals surface area (Å²) in [6.07, 6.45) is 2.64. The monoisotopic (exact) mass is 369 g/mol. The highest BCUT2D eigenvalue weighted by Crippen LogP contribution is 2.21. The molecule has 2 heterocycles. The lowest BCUT2D eigenvalue weighted by Gasteiger charge is -2.11. The number of nitrogens with zero attached hydrogens (tertiary/aromatic N) is 5. The van der Waals surface area contributed by atoms with Crippen LogP contribution in [0.15, 0.2) is 47.0 Å². The molecule has 1 aromatic carbocycles. The molecule has 0 aliphatic carbocycles. The summed E-state index contributed by atoms with van der Waals surface area (Å²) in [5.74, 6) is 1.75. The normalized spacial score (nSPS) is 11.5. The van der Waals surface area contributed by atoms with E-state index in [4.69, 9.17) is 0 Å². The van der Waals surface area contributed by atoms with Crippen LogP contribution in [0.25, 0.3) is 11.3 Å². The van der Waals surface area contributed by atoms with Crippen molar-refractivity contribution >= 4 is 17.3 Å². The third-order valence-corrected chi connectivity index (χ3v) is 4.76. The Balaban J connectivity index is 1.48. The van der Waals surface area contributed by atoms with Crippen molar-refractivity contribution < 1.29 is 0 Å². The summed E-state index contributed by atoms with van der Waals surface area (Å²) < 4.78 is 2.05. The van der Waals surface area contributed by atoms with Gasteiger partial charge in [0, 0.05) is 37.5 Å². The number of hydrogen-bond donors (Lipinski definition) is 2. The van der Waals surface area contributed by atoms with E-state index in [0.29, 0.717) is 6.54 Å². The highest BCUT2D eigenvalue weighted by Gasteiger charge is 2.06. The van der Waals surface area contributed by atoms with Crippen molar-refractivity contribution in [1.29, 1.82) is 0 Å². The van der Waals surface area contributed by atoms with Crippen LogP contribution in [-0.2, 0) is 19.5 Å². The maximum atomic E-state index is 4.68. The van der Waals surface area contributed by atoms with Crippen LogP contribution in [0.2, 0.25) is 0 Å². The van der Waals surface area contributed by atoms with Crippen molar-refractivity contribution in [2.24, 2.45) is 4.99 Å². The van der Waals surface area contributed by atoms with Crippen LogP contribution in [0, 0.1) is 0 Å². The first-order valence-corrected chi connectivity index (χ1v) is 9.49. The molecule has 0 saturated carbocycles. The topological polar surface area (TPSA) is 80.0 Å². The third kappa shape index (κ3) is 4.66. The van der Waals surface area contributed by atoms with Gasteiger partial charge in [-0.1, -0.05) is 37.3 Å².